The maximum atomic E-state index is 12.5. The number of carboxylic acids is 1. The fourth-order valence-electron chi connectivity index (χ4n) is 1.20. The Morgan fingerprint density at radius 1 is 1.69 bits per heavy atom. The van der Waals surface area contributed by atoms with E-state index in [0.29, 0.717) is 0 Å². The quantitative estimate of drug-likeness (QED) is 0.667. The molecule has 1 aliphatic heterocycles. The van der Waals surface area contributed by atoms with Crippen LogP contribution in [0.25, 0.3) is 0 Å². The molecule has 0 radical (unpaired) electrons. The fraction of sp³-hybridized carbons (Fsp3) is 0.857. The molecule has 6 heteroatoms. The summed E-state index contributed by atoms with van der Waals surface area (Å²) in [4.78, 5) is 10.0. The molecule has 0 bridgehead atoms. The molecule has 0 aromatic rings. The first-order chi connectivity index (χ1) is 5.99. The van der Waals surface area contributed by atoms with Crippen molar-refractivity contribution in [1.29, 1.82) is 0 Å². The highest BCUT2D eigenvalue weighted by atomic mass is 19.3. The molecule has 1 atom stereocenters. The predicted octanol–water partition coefficient (Wildman–Crippen LogP) is 0.0848. The summed E-state index contributed by atoms with van der Waals surface area (Å²) in [6.45, 7) is -0.778. The average Bonchev–Trinajstić information content (AvgIpc) is 2.29. The SMILES string of the molecule is O=C(O)COCC1CC(F)(F)CN1. The predicted molar refractivity (Wildman–Crippen MR) is 39.8 cm³/mol. The number of nitrogens with one attached hydrogen (secondary N) is 1. The number of alkyl halides is 2. The van der Waals surface area contributed by atoms with E-state index in [4.69, 9.17) is 5.11 Å². The molecule has 1 rings (SSSR count). The molecule has 0 aromatic heterocycles. The molecule has 13 heavy (non-hydrogen) atoms. The summed E-state index contributed by atoms with van der Waals surface area (Å²) in [5.74, 6) is -3.78. The maximum absolute atomic E-state index is 12.5. The van der Waals surface area contributed by atoms with Gasteiger partial charge in [0.05, 0.1) is 13.2 Å². The van der Waals surface area contributed by atoms with E-state index in [2.05, 4.69) is 10.1 Å². The monoisotopic (exact) mass is 195 g/mol. The minimum absolute atomic E-state index is 0.0158. The van der Waals surface area contributed by atoms with Gasteiger partial charge >= 0.3 is 5.97 Å². The van der Waals surface area contributed by atoms with Crippen LogP contribution in [0.3, 0.4) is 0 Å². The third kappa shape index (κ3) is 3.65. The summed E-state index contributed by atoms with van der Waals surface area (Å²) in [5, 5.41) is 10.7. The first-order valence-corrected chi connectivity index (χ1v) is 3.90. The molecular weight excluding hydrogens is 184 g/mol. The zero-order chi connectivity index (χ0) is 9.90. The molecule has 0 amide bonds. The van der Waals surface area contributed by atoms with Gasteiger partial charge in [-0.3, -0.25) is 0 Å². The second kappa shape index (κ2) is 3.97. The lowest BCUT2D eigenvalue weighted by Crippen LogP contribution is -2.27. The molecule has 1 saturated heterocycles. The Morgan fingerprint density at radius 3 is 2.85 bits per heavy atom. The lowest BCUT2D eigenvalue weighted by molar-refractivity contribution is -0.142. The van der Waals surface area contributed by atoms with Crippen molar-refractivity contribution < 1.29 is 23.4 Å². The number of halogens is 2. The number of ether oxygens (including phenoxy) is 1. The summed E-state index contributed by atoms with van der Waals surface area (Å²) >= 11 is 0. The first-order valence-electron chi connectivity index (χ1n) is 3.90. The molecule has 0 aromatic carbocycles. The minimum Gasteiger partial charge on any atom is -0.480 e. The van der Waals surface area contributed by atoms with E-state index < -0.39 is 24.5 Å². The Morgan fingerprint density at radius 2 is 2.38 bits per heavy atom. The third-order valence-corrected chi connectivity index (χ3v) is 1.74. The highest BCUT2D eigenvalue weighted by Gasteiger charge is 2.39. The van der Waals surface area contributed by atoms with Crippen LogP contribution in [0.15, 0.2) is 0 Å². The Balaban J connectivity index is 2.14. The van der Waals surface area contributed by atoms with Gasteiger partial charge in [0.25, 0.3) is 5.92 Å². The molecule has 1 fully saturated rings. The zero-order valence-electron chi connectivity index (χ0n) is 6.93. The molecule has 1 heterocycles. The van der Waals surface area contributed by atoms with Crippen molar-refractivity contribution in [2.45, 2.75) is 18.4 Å². The topological polar surface area (TPSA) is 58.6 Å². The molecule has 1 aliphatic rings. The molecule has 1 unspecified atom stereocenters. The van der Waals surface area contributed by atoms with E-state index in [1.54, 1.807) is 0 Å². The fourth-order valence-corrected chi connectivity index (χ4v) is 1.20. The first kappa shape index (κ1) is 10.3. The van der Waals surface area contributed by atoms with Crippen molar-refractivity contribution in [3.8, 4) is 0 Å². The summed E-state index contributed by atoms with van der Waals surface area (Å²) in [6, 6.07) is -0.436. The summed E-state index contributed by atoms with van der Waals surface area (Å²) in [5.41, 5.74) is 0. The van der Waals surface area contributed by atoms with Crippen LogP contribution in [0.2, 0.25) is 0 Å². The van der Waals surface area contributed by atoms with Crippen molar-refractivity contribution in [3.63, 3.8) is 0 Å². The molecule has 0 saturated carbocycles. The third-order valence-electron chi connectivity index (χ3n) is 1.74. The van der Waals surface area contributed by atoms with E-state index in [0.717, 1.165) is 0 Å². The normalized spacial score (nSPS) is 26.2. The molecule has 0 spiro atoms. The van der Waals surface area contributed by atoms with Gasteiger partial charge in [0.1, 0.15) is 6.61 Å². The number of carboxylic acid groups (broad SMARTS) is 1. The van der Waals surface area contributed by atoms with Crippen LogP contribution in [0.5, 0.6) is 0 Å². The van der Waals surface area contributed by atoms with Gasteiger partial charge in [-0.25, -0.2) is 13.6 Å². The lowest BCUT2D eigenvalue weighted by Gasteiger charge is -2.09. The van der Waals surface area contributed by atoms with Crippen molar-refractivity contribution in [2.75, 3.05) is 19.8 Å². The van der Waals surface area contributed by atoms with Crippen LogP contribution in [-0.4, -0.2) is 42.8 Å². The molecule has 4 nitrogen and oxygen atoms in total. The zero-order valence-corrected chi connectivity index (χ0v) is 6.93. The van der Waals surface area contributed by atoms with Gasteiger partial charge in [-0.2, -0.15) is 0 Å². The van der Waals surface area contributed by atoms with E-state index in [-0.39, 0.29) is 19.6 Å². The number of carbonyl (C=O) groups is 1. The standard InChI is InChI=1S/C7H11F2NO3/c8-7(9)1-5(10-4-7)2-13-3-6(11)12/h5,10H,1-4H2,(H,11,12). The van der Waals surface area contributed by atoms with Crippen LogP contribution in [-0.2, 0) is 9.53 Å². The Kier molecular flexibility index (Phi) is 3.16. The largest absolute Gasteiger partial charge is 0.480 e. The second-order valence-corrected chi connectivity index (χ2v) is 3.05. The van der Waals surface area contributed by atoms with Crippen molar-refractivity contribution in [1.82, 2.24) is 5.32 Å². The Labute approximate surface area is 73.9 Å². The van der Waals surface area contributed by atoms with Crippen LogP contribution in [0, 0.1) is 0 Å². The second-order valence-electron chi connectivity index (χ2n) is 3.05. The molecule has 2 N–H and O–H groups in total. The van der Waals surface area contributed by atoms with Crippen LogP contribution >= 0.6 is 0 Å². The van der Waals surface area contributed by atoms with E-state index in [9.17, 15) is 13.6 Å². The molecule has 76 valence electrons. The van der Waals surface area contributed by atoms with Crippen LogP contribution in [0.1, 0.15) is 6.42 Å². The maximum Gasteiger partial charge on any atom is 0.329 e. The van der Waals surface area contributed by atoms with Gasteiger partial charge in [-0.15, -0.1) is 0 Å². The number of rotatable bonds is 4. The summed E-state index contributed by atoms with van der Waals surface area (Å²) in [6.07, 6.45) is -0.285. The Hall–Kier alpha value is -0.750. The smallest absolute Gasteiger partial charge is 0.329 e. The summed E-state index contributed by atoms with van der Waals surface area (Å²) in [7, 11) is 0. The van der Waals surface area contributed by atoms with E-state index in [1.807, 2.05) is 0 Å². The van der Waals surface area contributed by atoms with Crippen LogP contribution < -0.4 is 5.32 Å². The van der Waals surface area contributed by atoms with E-state index in [1.165, 1.54) is 0 Å². The van der Waals surface area contributed by atoms with Gasteiger partial charge in [-0.1, -0.05) is 0 Å². The van der Waals surface area contributed by atoms with Gasteiger partial charge in [-0.05, 0) is 0 Å². The van der Waals surface area contributed by atoms with E-state index >= 15 is 0 Å². The number of aliphatic carboxylic acids is 1. The highest BCUT2D eigenvalue weighted by Crippen LogP contribution is 2.24. The number of hydrogen-bond donors (Lipinski definition) is 2. The Bertz CT molecular complexity index is 198. The van der Waals surface area contributed by atoms with Crippen molar-refractivity contribution >= 4 is 5.97 Å². The van der Waals surface area contributed by atoms with Gasteiger partial charge < -0.3 is 15.2 Å². The number of hydrogen-bond acceptors (Lipinski definition) is 3. The minimum atomic E-state index is -2.68. The average molecular weight is 195 g/mol. The lowest BCUT2D eigenvalue weighted by atomic mass is 10.2. The van der Waals surface area contributed by atoms with Gasteiger partial charge in [0.15, 0.2) is 0 Å². The van der Waals surface area contributed by atoms with Gasteiger partial charge in [0, 0.05) is 12.5 Å². The molecule has 0 aliphatic carbocycles. The highest BCUT2D eigenvalue weighted by molar-refractivity contribution is 5.67. The molecular formula is C7H11F2NO3. The van der Waals surface area contributed by atoms with Gasteiger partial charge in [0.2, 0.25) is 0 Å². The van der Waals surface area contributed by atoms with Crippen molar-refractivity contribution in [2.24, 2.45) is 0 Å². The summed E-state index contributed by atoms with van der Waals surface area (Å²) < 4.78 is 29.8. The van der Waals surface area contributed by atoms with Crippen molar-refractivity contribution in [3.05, 3.63) is 0 Å². The van der Waals surface area contributed by atoms with Crippen LogP contribution in [0.4, 0.5) is 8.78 Å².